The van der Waals surface area contributed by atoms with E-state index in [9.17, 15) is 0 Å². The number of aromatic nitrogens is 1. The Hall–Kier alpha value is -0.970. The predicted octanol–water partition coefficient (Wildman–Crippen LogP) is 4.01. The van der Waals surface area contributed by atoms with Crippen LogP contribution >= 0.6 is 24.0 Å². The fourth-order valence-electron chi connectivity index (χ4n) is 1.99. The lowest BCUT2D eigenvalue weighted by molar-refractivity contribution is 0.168. The van der Waals surface area contributed by atoms with Crippen LogP contribution < -0.4 is 4.74 Å². The first kappa shape index (κ1) is 17.1. The molecular weight excluding hydrogens is 299 g/mol. The summed E-state index contributed by atoms with van der Waals surface area (Å²) >= 11 is 5.98. The molecule has 0 saturated carbocycles. The number of halogens is 2. The van der Waals surface area contributed by atoms with E-state index in [1.165, 1.54) is 0 Å². The van der Waals surface area contributed by atoms with E-state index < -0.39 is 0 Å². The van der Waals surface area contributed by atoms with Crippen LogP contribution in [0.2, 0.25) is 5.02 Å². The molecule has 2 aromatic rings. The summed E-state index contributed by atoms with van der Waals surface area (Å²) in [6.45, 7) is 2.76. The van der Waals surface area contributed by atoms with Crippen LogP contribution in [0.15, 0.2) is 22.7 Å². The first-order valence-electron chi connectivity index (χ1n) is 6.46. The Balaban J connectivity index is 0.00000200. The molecule has 1 atom stereocenters. The molecule has 1 unspecified atom stereocenters. The number of benzene rings is 1. The van der Waals surface area contributed by atoms with Gasteiger partial charge in [0.15, 0.2) is 5.58 Å². The maximum atomic E-state index is 5.98. The van der Waals surface area contributed by atoms with Gasteiger partial charge in [0.1, 0.15) is 6.61 Å². The highest BCUT2D eigenvalue weighted by Gasteiger charge is 2.15. The Bertz CT molecular complexity index is 543. The zero-order valence-corrected chi connectivity index (χ0v) is 13.5. The second kappa shape index (κ2) is 7.72. The molecule has 0 bridgehead atoms. The number of hydrogen-bond donors (Lipinski definition) is 0. The Morgan fingerprint density at radius 1 is 1.40 bits per heavy atom. The van der Waals surface area contributed by atoms with Gasteiger partial charge in [0.2, 0.25) is 0 Å². The minimum atomic E-state index is 0. The molecule has 1 aromatic heterocycles. The number of rotatable bonds is 6. The number of fused-ring (bicyclic) bond motifs is 1. The maximum Gasteiger partial charge on any atom is 0.262 e. The molecule has 0 radical (unpaired) electrons. The summed E-state index contributed by atoms with van der Waals surface area (Å²) in [5.41, 5.74) is 0.691. The van der Waals surface area contributed by atoms with Crippen LogP contribution in [0.4, 0.5) is 0 Å². The molecule has 1 heterocycles. The number of likely N-dealkylation sites (N-methyl/N-ethyl adjacent to an activating group) is 1. The van der Waals surface area contributed by atoms with Crippen molar-refractivity contribution in [3.05, 3.63) is 23.2 Å². The van der Waals surface area contributed by atoms with Gasteiger partial charge in [0.25, 0.3) is 5.88 Å². The molecule has 0 aliphatic heterocycles. The summed E-state index contributed by atoms with van der Waals surface area (Å²) in [4.78, 5) is 2.17. The van der Waals surface area contributed by atoms with Crippen molar-refractivity contribution in [1.82, 2.24) is 10.1 Å². The molecule has 0 aliphatic rings. The zero-order valence-electron chi connectivity index (χ0n) is 11.9. The van der Waals surface area contributed by atoms with Gasteiger partial charge in [-0.05, 0) is 43.9 Å². The molecular formula is C14H20Cl2N2O2. The maximum absolute atomic E-state index is 5.98. The lowest BCUT2D eigenvalue weighted by Gasteiger charge is -2.23. The van der Waals surface area contributed by atoms with Gasteiger partial charge in [-0.1, -0.05) is 24.9 Å². The zero-order chi connectivity index (χ0) is 13.8. The third kappa shape index (κ3) is 4.01. The second-order valence-corrected chi connectivity index (χ2v) is 5.28. The topological polar surface area (TPSA) is 38.5 Å². The molecule has 0 aliphatic carbocycles. The molecule has 0 spiro atoms. The van der Waals surface area contributed by atoms with Gasteiger partial charge in [0.05, 0.1) is 5.39 Å². The van der Waals surface area contributed by atoms with Crippen LogP contribution in [0.3, 0.4) is 0 Å². The summed E-state index contributed by atoms with van der Waals surface area (Å²) in [5.74, 6) is 0.514. The minimum Gasteiger partial charge on any atom is -0.473 e. The Labute approximate surface area is 130 Å². The lowest BCUT2D eigenvalue weighted by atomic mass is 10.1. The molecule has 2 rings (SSSR count). The van der Waals surface area contributed by atoms with Crippen LogP contribution in [0.5, 0.6) is 5.88 Å². The van der Waals surface area contributed by atoms with Crippen LogP contribution in [0.1, 0.15) is 19.8 Å². The monoisotopic (exact) mass is 318 g/mol. The summed E-state index contributed by atoms with van der Waals surface area (Å²) in [6.07, 6.45) is 2.21. The highest BCUT2D eigenvalue weighted by Crippen LogP contribution is 2.27. The van der Waals surface area contributed by atoms with E-state index in [0.29, 0.717) is 29.1 Å². The molecule has 6 heteroatoms. The van der Waals surface area contributed by atoms with E-state index in [1.807, 2.05) is 6.07 Å². The highest BCUT2D eigenvalue weighted by molar-refractivity contribution is 6.31. The smallest absolute Gasteiger partial charge is 0.262 e. The lowest BCUT2D eigenvalue weighted by Crippen LogP contribution is -2.33. The van der Waals surface area contributed by atoms with Crippen molar-refractivity contribution >= 4 is 35.0 Å². The molecule has 1 aromatic carbocycles. The molecule has 0 saturated heterocycles. The van der Waals surface area contributed by atoms with Gasteiger partial charge in [-0.3, -0.25) is 0 Å². The van der Waals surface area contributed by atoms with E-state index in [4.69, 9.17) is 20.9 Å². The van der Waals surface area contributed by atoms with Crippen molar-refractivity contribution in [3.63, 3.8) is 0 Å². The van der Waals surface area contributed by atoms with Crippen molar-refractivity contribution in [2.24, 2.45) is 0 Å². The largest absolute Gasteiger partial charge is 0.473 e. The van der Waals surface area contributed by atoms with Crippen LogP contribution in [-0.2, 0) is 0 Å². The summed E-state index contributed by atoms with van der Waals surface area (Å²) in [7, 11) is 4.11. The van der Waals surface area contributed by atoms with Crippen molar-refractivity contribution in [2.45, 2.75) is 25.8 Å². The van der Waals surface area contributed by atoms with Gasteiger partial charge in [-0.2, -0.15) is 0 Å². The van der Waals surface area contributed by atoms with Crippen LogP contribution in [-0.4, -0.2) is 36.8 Å². The molecule has 4 nitrogen and oxygen atoms in total. The van der Waals surface area contributed by atoms with Crippen LogP contribution in [0, 0.1) is 0 Å². The molecule has 112 valence electrons. The number of hydrogen-bond acceptors (Lipinski definition) is 4. The predicted molar refractivity (Wildman–Crippen MR) is 84.1 cm³/mol. The van der Waals surface area contributed by atoms with Crippen molar-refractivity contribution in [3.8, 4) is 5.88 Å². The first-order valence-corrected chi connectivity index (χ1v) is 6.83. The summed E-state index contributed by atoms with van der Waals surface area (Å²) in [5, 5.41) is 5.43. The first-order chi connectivity index (χ1) is 9.11. The average Bonchev–Trinajstić information content (AvgIpc) is 2.76. The van der Waals surface area contributed by atoms with E-state index in [1.54, 1.807) is 12.1 Å². The minimum absolute atomic E-state index is 0. The third-order valence-electron chi connectivity index (χ3n) is 3.16. The van der Waals surface area contributed by atoms with E-state index >= 15 is 0 Å². The van der Waals surface area contributed by atoms with E-state index in [0.717, 1.165) is 18.2 Å². The fraction of sp³-hybridized carbons (Fsp3) is 0.500. The van der Waals surface area contributed by atoms with Gasteiger partial charge in [-0.25, -0.2) is 0 Å². The number of ether oxygens (including phenoxy) is 1. The van der Waals surface area contributed by atoms with Crippen LogP contribution in [0.25, 0.3) is 11.0 Å². The molecule has 0 N–H and O–H groups in total. The van der Waals surface area contributed by atoms with Crippen molar-refractivity contribution in [2.75, 3.05) is 20.7 Å². The van der Waals surface area contributed by atoms with Gasteiger partial charge in [0, 0.05) is 11.1 Å². The van der Waals surface area contributed by atoms with Gasteiger partial charge < -0.3 is 14.2 Å². The highest BCUT2D eigenvalue weighted by atomic mass is 35.5. The summed E-state index contributed by atoms with van der Waals surface area (Å²) in [6, 6.07) is 5.76. The Morgan fingerprint density at radius 2 is 2.15 bits per heavy atom. The number of nitrogens with zero attached hydrogens (tertiary/aromatic N) is 2. The van der Waals surface area contributed by atoms with E-state index in [-0.39, 0.29) is 12.4 Å². The average molecular weight is 319 g/mol. The van der Waals surface area contributed by atoms with Gasteiger partial charge in [-0.15, -0.1) is 12.4 Å². The van der Waals surface area contributed by atoms with Crippen molar-refractivity contribution in [1.29, 1.82) is 0 Å². The molecule has 0 fully saturated rings. The summed E-state index contributed by atoms with van der Waals surface area (Å²) < 4.78 is 11.0. The normalized spacial score (nSPS) is 12.4. The van der Waals surface area contributed by atoms with Crippen molar-refractivity contribution < 1.29 is 9.26 Å². The fourth-order valence-corrected chi connectivity index (χ4v) is 2.16. The Kier molecular flexibility index (Phi) is 6.59. The SMILES string of the molecule is CCCC(COc1noc2ccc(Cl)cc12)N(C)C.Cl. The molecule has 0 amide bonds. The van der Waals surface area contributed by atoms with E-state index in [2.05, 4.69) is 31.1 Å². The quantitative estimate of drug-likeness (QED) is 0.806. The van der Waals surface area contributed by atoms with Gasteiger partial charge >= 0.3 is 0 Å². The standard InChI is InChI=1S/C14H19ClN2O2.ClH/c1-4-5-11(17(2)3)9-18-14-12-8-10(15)6-7-13(12)19-16-14;/h6-8,11H,4-5,9H2,1-3H3;1H. The molecule has 20 heavy (non-hydrogen) atoms. The second-order valence-electron chi connectivity index (χ2n) is 4.85. The third-order valence-corrected chi connectivity index (χ3v) is 3.40. The Morgan fingerprint density at radius 3 is 2.80 bits per heavy atom.